The third-order valence-electron chi connectivity index (χ3n) is 5.73. The highest BCUT2D eigenvalue weighted by Gasteiger charge is 2.15. The summed E-state index contributed by atoms with van der Waals surface area (Å²) in [5.74, 6) is 0.758. The molecule has 0 radical (unpaired) electrons. The zero-order valence-corrected chi connectivity index (χ0v) is 20.5. The van der Waals surface area contributed by atoms with Crippen molar-refractivity contribution in [2.24, 2.45) is 0 Å². The van der Waals surface area contributed by atoms with E-state index < -0.39 is 0 Å². The van der Waals surface area contributed by atoms with Gasteiger partial charge < -0.3 is 24.7 Å². The number of pyridine rings is 1. The van der Waals surface area contributed by atoms with Gasteiger partial charge >= 0.3 is 0 Å². The maximum atomic E-state index is 12.8. The third kappa shape index (κ3) is 6.54. The number of ether oxygens (including phenoxy) is 2. The van der Waals surface area contributed by atoms with E-state index in [0.29, 0.717) is 23.8 Å². The van der Waals surface area contributed by atoms with Crippen LogP contribution in [0.4, 0.5) is 0 Å². The Kier molecular flexibility index (Phi) is 8.33. The van der Waals surface area contributed by atoms with Crippen molar-refractivity contribution in [2.45, 2.75) is 19.5 Å². The fourth-order valence-corrected chi connectivity index (χ4v) is 4.86. The molecule has 1 aliphatic heterocycles. The van der Waals surface area contributed by atoms with Gasteiger partial charge in [-0.25, -0.2) is 0 Å². The van der Waals surface area contributed by atoms with E-state index in [9.17, 15) is 4.79 Å². The van der Waals surface area contributed by atoms with Crippen LogP contribution in [0.1, 0.15) is 16.9 Å². The Labute approximate surface area is 203 Å². The van der Waals surface area contributed by atoms with E-state index in [1.165, 1.54) is 4.88 Å². The van der Waals surface area contributed by atoms with Gasteiger partial charge in [0.2, 0.25) is 0 Å². The van der Waals surface area contributed by atoms with Crippen LogP contribution in [-0.2, 0) is 17.8 Å². The average molecular weight is 487 g/mol. The fraction of sp³-hybridized carbons (Fsp3) is 0.417. The molecule has 0 aliphatic carbocycles. The molecule has 1 fully saturated rings. The molecule has 3 aromatic rings. The predicted octanol–water partition coefficient (Wildman–Crippen LogP) is 3.20. The minimum atomic E-state index is -0.0982. The van der Waals surface area contributed by atoms with Crippen LogP contribution in [0, 0.1) is 0 Å². The highest BCUT2D eigenvalue weighted by atomic mass is 32.1. The molecule has 0 saturated carbocycles. The summed E-state index contributed by atoms with van der Waals surface area (Å²) < 4.78 is 10.8. The molecule has 1 saturated heterocycles. The van der Waals surface area contributed by atoms with Crippen molar-refractivity contribution in [3.8, 4) is 5.75 Å². The summed E-state index contributed by atoms with van der Waals surface area (Å²) in [4.78, 5) is 21.5. The first kappa shape index (κ1) is 23.7. The Morgan fingerprint density at radius 2 is 2.12 bits per heavy atom. The molecule has 7 nitrogen and oxygen atoms in total. The quantitative estimate of drug-likeness (QED) is 0.356. The topological polar surface area (TPSA) is 69.8 Å². The van der Waals surface area contributed by atoms with Gasteiger partial charge in [0.15, 0.2) is 5.11 Å². The Hall–Kier alpha value is -2.46. The van der Waals surface area contributed by atoms with Crippen molar-refractivity contribution in [3.63, 3.8) is 0 Å². The van der Waals surface area contributed by atoms with Gasteiger partial charge in [-0.1, -0.05) is 6.07 Å². The second kappa shape index (κ2) is 11.6. The zero-order chi connectivity index (χ0) is 23.0. The summed E-state index contributed by atoms with van der Waals surface area (Å²) in [5.41, 5.74) is 1.36. The monoisotopic (exact) mass is 486 g/mol. The van der Waals surface area contributed by atoms with E-state index in [1.807, 2.05) is 30.3 Å². The standard InChI is InChI=1S/C24H30N4O3S2/c1-30-20-5-6-22-18(15-20)14-19(23(29)26-22)16-28(17-21-4-2-13-33-21)24(32)25-7-3-8-27-9-11-31-12-10-27/h2,4-6,13-15H,3,7-12,16-17H2,1H3,(H,25,32)(H,26,29). The molecule has 9 heteroatoms. The van der Waals surface area contributed by atoms with E-state index in [2.05, 4.69) is 31.5 Å². The molecule has 2 N–H and O–H groups in total. The molecule has 0 atom stereocenters. The molecule has 0 amide bonds. The summed E-state index contributed by atoms with van der Waals surface area (Å²) in [6.45, 7) is 6.50. The van der Waals surface area contributed by atoms with E-state index in [-0.39, 0.29) is 5.56 Å². The number of rotatable bonds is 9. The zero-order valence-electron chi connectivity index (χ0n) is 18.8. The van der Waals surface area contributed by atoms with Gasteiger partial charge in [0.25, 0.3) is 5.56 Å². The Morgan fingerprint density at radius 1 is 1.27 bits per heavy atom. The molecule has 0 bridgehead atoms. The predicted molar refractivity (Wildman–Crippen MR) is 137 cm³/mol. The average Bonchev–Trinajstić information content (AvgIpc) is 3.35. The minimum Gasteiger partial charge on any atom is -0.497 e. The van der Waals surface area contributed by atoms with Crippen molar-refractivity contribution in [3.05, 3.63) is 62.6 Å². The molecule has 0 spiro atoms. The van der Waals surface area contributed by atoms with E-state index in [0.717, 1.165) is 62.5 Å². The number of aromatic amines is 1. The first-order valence-corrected chi connectivity index (χ1v) is 12.5. The number of methoxy groups -OCH3 is 1. The molecule has 33 heavy (non-hydrogen) atoms. The molecule has 2 aromatic heterocycles. The SMILES string of the molecule is COc1ccc2[nH]c(=O)c(CN(Cc3cccs3)C(=S)NCCCN3CCOCC3)cc2c1. The second-order valence-electron chi connectivity index (χ2n) is 8.05. The number of fused-ring (bicyclic) bond motifs is 1. The third-order valence-corrected chi connectivity index (χ3v) is 7.00. The number of morpholine rings is 1. The normalized spacial score (nSPS) is 14.3. The number of thiocarbonyl (C=S) groups is 1. The van der Waals surface area contributed by atoms with E-state index in [1.54, 1.807) is 18.4 Å². The van der Waals surface area contributed by atoms with Crippen LogP contribution >= 0.6 is 23.6 Å². The highest BCUT2D eigenvalue weighted by molar-refractivity contribution is 7.80. The van der Waals surface area contributed by atoms with Crippen LogP contribution in [0.25, 0.3) is 10.9 Å². The molecule has 3 heterocycles. The Balaban J connectivity index is 1.44. The molecule has 4 rings (SSSR count). The van der Waals surface area contributed by atoms with Crippen molar-refractivity contribution < 1.29 is 9.47 Å². The number of hydrogen-bond donors (Lipinski definition) is 2. The summed E-state index contributed by atoms with van der Waals surface area (Å²) in [6, 6.07) is 11.7. The van der Waals surface area contributed by atoms with Crippen LogP contribution in [0.3, 0.4) is 0 Å². The van der Waals surface area contributed by atoms with Crippen LogP contribution in [0.5, 0.6) is 5.75 Å². The lowest BCUT2D eigenvalue weighted by atomic mass is 10.1. The van der Waals surface area contributed by atoms with Gasteiger partial charge in [-0.2, -0.15) is 0 Å². The van der Waals surface area contributed by atoms with Crippen LogP contribution < -0.4 is 15.6 Å². The molecule has 1 aliphatic rings. The smallest absolute Gasteiger partial charge is 0.253 e. The van der Waals surface area contributed by atoms with Gasteiger partial charge in [-0.05, 0) is 60.9 Å². The lowest BCUT2D eigenvalue weighted by Gasteiger charge is -2.28. The number of nitrogens with one attached hydrogen (secondary N) is 2. The second-order valence-corrected chi connectivity index (χ2v) is 9.47. The first-order valence-electron chi connectivity index (χ1n) is 11.2. The largest absolute Gasteiger partial charge is 0.497 e. The molecule has 176 valence electrons. The van der Waals surface area contributed by atoms with Crippen molar-refractivity contribution in [1.82, 2.24) is 20.1 Å². The minimum absolute atomic E-state index is 0.0982. The first-order chi connectivity index (χ1) is 16.1. The van der Waals surface area contributed by atoms with Gasteiger partial charge in [0.1, 0.15) is 5.75 Å². The maximum Gasteiger partial charge on any atom is 0.253 e. The summed E-state index contributed by atoms with van der Waals surface area (Å²) in [6.07, 6.45) is 1.00. The summed E-state index contributed by atoms with van der Waals surface area (Å²) in [7, 11) is 1.64. The van der Waals surface area contributed by atoms with Crippen LogP contribution in [0.2, 0.25) is 0 Å². The number of benzene rings is 1. The Bertz CT molecular complexity index is 1110. The number of nitrogens with zero attached hydrogens (tertiary/aromatic N) is 2. The lowest BCUT2D eigenvalue weighted by Crippen LogP contribution is -2.41. The highest BCUT2D eigenvalue weighted by Crippen LogP contribution is 2.20. The lowest BCUT2D eigenvalue weighted by molar-refractivity contribution is 0.0376. The van der Waals surface area contributed by atoms with Crippen molar-refractivity contribution in [2.75, 3.05) is 46.5 Å². The maximum absolute atomic E-state index is 12.8. The molecule has 0 unspecified atom stereocenters. The van der Waals surface area contributed by atoms with Crippen molar-refractivity contribution >= 4 is 39.6 Å². The van der Waals surface area contributed by atoms with Gasteiger partial charge in [0.05, 0.1) is 33.4 Å². The Morgan fingerprint density at radius 3 is 2.88 bits per heavy atom. The van der Waals surface area contributed by atoms with Crippen LogP contribution in [-0.4, -0.2) is 66.4 Å². The van der Waals surface area contributed by atoms with Crippen molar-refractivity contribution in [1.29, 1.82) is 0 Å². The molecular formula is C24H30N4O3S2. The number of aromatic nitrogens is 1. The fourth-order valence-electron chi connectivity index (χ4n) is 3.90. The number of thiophene rings is 1. The number of hydrogen-bond acceptors (Lipinski definition) is 6. The van der Waals surface area contributed by atoms with Gasteiger partial charge in [-0.3, -0.25) is 9.69 Å². The summed E-state index contributed by atoms with van der Waals surface area (Å²) in [5, 5.41) is 7.06. The number of H-pyrrole nitrogens is 1. The van der Waals surface area contributed by atoms with Gasteiger partial charge in [-0.15, -0.1) is 11.3 Å². The van der Waals surface area contributed by atoms with Crippen LogP contribution in [0.15, 0.2) is 46.6 Å². The van der Waals surface area contributed by atoms with E-state index in [4.69, 9.17) is 21.7 Å². The van der Waals surface area contributed by atoms with Gasteiger partial charge in [0, 0.05) is 41.0 Å². The van der Waals surface area contributed by atoms with E-state index >= 15 is 0 Å². The molecular weight excluding hydrogens is 456 g/mol. The summed E-state index contributed by atoms with van der Waals surface area (Å²) >= 11 is 7.44. The molecule has 1 aromatic carbocycles.